The van der Waals surface area contributed by atoms with E-state index in [1.807, 2.05) is 6.92 Å². The number of benzene rings is 1. The summed E-state index contributed by atoms with van der Waals surface area (Å²) in [5.41, 5.74) is 0.977. The van der Waals surface area contributed by atoms with Crippen molar-refractivity contribution >= 4 is 18.0 Å². The van der Waals surface area contributed by atoms with Crippen molar-refractivity contribution in [3.05, 3.63) is 41.5 Å². The minimum atomic E-state index is -0.968. The van der Waals surface area contributed by atoms with Gasteiger partial charge < -0.3 is 9.84 Å². The van der Waals surface area contributed by atoms with Crippen molar-refractivity contribution in [3.8, 4) is 0 Å². The molecule has 0 aromatic heterocycles. The Kier molecular flexibility index (Phi) is 5.64. The van der Waals surface area contributed by atoms with Gasteiger partial charge in [0, 0.05) is 6.08 Å². The number of carboxylic acid groups (broad SMARTS) is 1. The second-order valence-electron chi connectivity index (χ2n) is 3.78. The summed E-state index contributed by atoms with van der Waals surface area (Å²) in [5.74, 6) is -1.35. The maximum absolute atomic E-state index is 11.3. The third-order valence-corrected chi connectivity index (χ3v) is 2.31. The van der Waals surface area contributed by atoms with Crippen molar-refractivity contribution in [2.45, 2.75) is 19.8 Å². The summed E-state index contributed by atoms with van der Waals surface area (Å²) in [6, 6.07) is 6.26. The first-order chi connectivity index (χ1) is 8.63. The molecule has 0 aliphatic heterocycles. The Bertz CT molecular complexity index is 432. The van der Waals surface area contributed by atoms with E-state index in [9.17, 15) is 9.59 Å². The van der Waals surface area contributed by atoms with E-state index in [2.05, 4.69) is 0 Å². The number of carboxylic acids is 1. The molecule has 0 heterocycles. The molecule has 0 fully saturated rings. The molecule has 0 radical (unpaired) electrons. The highest BCUT2D eigenvalue weighted by atomic mass is 16.5. The van der Waals surface area contributed by atoms with Gasteiger partial charge in [-0.3, -0.25) is 0 Å². The lowest BCUT2D eigenvalue weighted by molar-refractivity contribution is -0.137. The summed E-state index contributed by atoms with van der Waals surface area (Å²) in [4.78, 5) is 21.9. The number of aromatic carboxylic acids is 1. The molecule has 0 aliphatic rings. The Morgan fingerprint density at radius 1 is 1.28 bits per heavy atom. The van der Waals surface area contributed by atoms with Crippen LogP contribution in [0.25, 0.3) is 6.08 Å². The number of unbranched alkanes of at least 4 members (excludes halogenated alkanes) is 1. The first kappa shape index (κ1) is 14.0. The fraction of sp³-hybridized carbons (Fsp3) is 0.286. The van der Waals surface area contributed by atoms with Crippen LogP contribution in [0.15, 0.2) is 30.3 Å². The van der Waals surface area contributed by atoms with E-state index in [1.54, 1.807) is 18.2 Å². The molecule has 96 valence electrons. The Morgan fingerprint density at radius 3 is 2.50 bits per heavy atom. The zero-order chi connectivity index (χ0) is 13.4. The standard InChI is InChI=1S/C14H16O4/c1-2-3-10-18-13(15)9-6-11-4-7-12(8-5-11)14(16)17/h4-9H,2-3,10H2,1H3,(H,16,17). The summed E-state index contributed by atoms with van der Waals surface area (Å²) in [6.45, 7) is 2.45. The normalized spacial score (nSPS) is 10.5. The van der Waals surface area contributed by atoms with Crippen LogP contribution >= 0.6 is 0 Å². The molecule has 0 unspecified atom stereocenters. The van der Waals surface area contributed by atoms with Crippen molar-refractivity contribution in [3.63, 3.8) is 0 Å². The molecule has 0 amide bonds. The van der Waals surface area contributed by atoms with Crippen LogP contribution in [0, 0.1) is 0 Å². The van der Waals surface area contributed by atoms with E-state index in [1.165, 1.54) is 18.2 Å². The van der Waals surface area contributed by atoms with Gasteiger partial charge in [-0.25, -0.2) is 9.59 Å². The van der Waals surface area contributed by atoms with E-state index < -0.39 is 5.97 Å². The van der Waals surface area contributed by atoms with Gasteiger partial charge in [-0.2, -0.15) is 0 Å². The lowest BCUT2D eigenvalue weighted by Crippen LogP contribution is -2.01. The lowest BCUT2D eigenvalue weighted by atomic mass is 10.1. The van der Waals surface area contributed by atoms with Gasteiger partial charge in [-0.05, 0) is 30.2 Å². The van der Waals surface area contributed by atoms with Crippen molar-refractivity contribution in [1.29, 1.82) is 0 Å². The number of carbonyl (C=O) groups is 2. The average Bonchev–Trinajstić information content (AvgIpc) is 2.37. The van der Waals surface area contributed by atoms with Crippen LogP contribution in [0.1, 0.15) is 35.7 Å². The molecule has 0 bridgehead atoms. The fourth-order valence-corrected chi connectivity index (χ4v) is 1.27. The van der Waals surface area contributed by atoms with Gasteiger partial charge in [0.05, 0.1) is 12.2 Å². The number of hydrogen-bond acceptors (Lipinski definition) is 3. The molecule has 1 aromatic carbocycles. The number of hydrogen-bond donors (Lipinski definition) is 1. The summed E-state index contributed by atoms with van der Waals surface area (Å²) in [5, 5.41) is 8.72. The maximum Gasteiger partial charge on any atom is 0.335 e. The number of rotatable bonds is 6. The number of esters is 1. The van der Waals surface area contributed by atoms with Gasteiger partial charge in [0.2, 0.25) is 0 Å². The highest BCUT2D eigenvalue weighted by Gasteiger charge is 2.00. The summed E-state index contributed by atoms with van der Waals surface area (Å²) in [7, 11) is 0. The summed E-state index contributed by atoms with van der Waals surface area (Å²) < 4.78 is 4.95. The summed E-state index contributed by atoms with van der Waals surface area (Å²) >= 11 is 0. The molecular weight excluding hydrogens is 232 g/mol. The van der Waals surface area contributed by atoms with Gasteiger partial charge in [0.25, 0.3) is 0 Å². The van der Waals surface area contributed by atoms with E-state index in [0.717, 1.165) is 18.4 Å². The molecule has 0 saturated carbocycles. The van der Waals surface area contributed by atoms with Crippen molar-refractivity contribution in [1.82, 2.24) is 0 Å². The molecule has 0 atom stereocenters. The van der Waals surface area contributed by atoms with Gasteiger partial charge in [0.15, 0.2) is 0 Å². The molecular formula is C14H16O4. The van der Waals surface area contributed by atoms with Crippen molar-refractivity contribution in [2.75, 3.05) is 6.61 Å². The van der Waals surface area contributed by atoms with Crippen LogP contribution in [0.2, 0.25) is 0 Å². The molecule has 4 heteroatoms. The third kappa shape index (κ3) is 4.82. The van der Waals surface area contributed by atoms with Crippen LogP contribution in [0.5, 0.6) is 0 Å². The molecule has 1 N–H and O–H groups in total. The zero-order valence-electron chi connectivity index (χ0n) is 10.3. The largest absolute Gasteiger partial charge is 0.478 e. The van der Waals surface area contributed by atoms with Crippen LogP contribution < -0.4 is 0 Å². The highest BCUT2D eigenvalue weighted by Crippen LogP contribution is 2.06. The molecule has 18 heavy (non-hydrogen) atoms. The molecule has 1 rings (SSSR count). The Morgan fingerprint density at radius 2 is 1.94 bits per heavy atom. The molecule has 0 spiro atoms. The first-order valence-electron chi connectivity index (χ1n) is 5.81. The highest BCUT2D eigenvalue weighted by molar-refractivity contribution is 5.89. The Hall–Kier alpha value is -2.10. The van der Waals surface area contributed by atoms with E-state index in [-0.39, 0.29) is 11.5 Å². The minimum absolute atomic E-state index is 0.220. The van der Waals surface area contributed by atoms with Crippen LogP contribution in [0.3, 0.4) is 0 Å². The second kappa shape index (κ2) is 7.27. The van der Waals surface area contributed by atoms with Gasteiger partial charge >= 0.3 is 11.9 Å². The molecule has 1 aromatic rings. The predicted molar refractivity (Wildman–Crippen MR) is 68.3 cm³/mol. The van der Waals surface area contributed by atoms with Crippen molar-refractivity contribution < 1.29 is 19.4 Å². The van der Waals surface area contributed by atoms with Gasteiger partial charge in [-0.1, -0.05) is 25.5 Å². The third-order valence-electron chi connectivity index (χ3n) is 2.31. The predicted octanol–water partition coefficient (Wildman–Crippen LogP) is 2.74. The van der Waals surface area contributed by atoms with Crippen LogP contribution in [0.4, 0.5) is 0 Å². The second-order valence-corrected chi connectivity index (χ2v) is 3.78. The smallest absolute Gasteiger partial charge is 0.335 e. The molecule has 4 nitrogen and oxygen atoms in total. The van der Waals surface area contributed by atoms with Crippen molar-refractivity contribution in [2.24, 2.45) is 0 Å². The van der Waals surface area contributed by atoms with Crippen LogP contribution in [-0.4, -0.2) is 23.7 Å². The van der Waals surface area contributed by atoms with E-state index in [4.69, 9.17) is 9.84 Å². The molecule has 0 aliphatic carbocycles. The van der Waals surface area contributed by atoms with Gasteiger partial charge in [-0.15, -0.1) is 0 Å². The summed E-state index contributed by atoms with van der Waals surface area (Å²) in [6.07, 6.45) is 4.77. The fourth-order valence-electron chi connectivity index (χ4n) is 1.27. The average molecular weight is 248 g/mol. The van der Waals surface area contributed by atoms with E-state index in [0.29, 0.717) is 6.61 Å². The first-order valence-corrected chi connectivity index (χ1v) is 5.81. The monoisotopic (exact) mass is 248 g/mol. The Balaban J connectivity index is 2.51. The Labute approximate surface area is 106 Å². The minimum Gasteiger partial charge on any atom is -0.478 e. The topological polar surface area (TPSA) is 63.6 Å². The number of carbonyl (C=O) groups excluding carboxylic acids is 1. The SMILES string of the molecule is CCCCOC(=O)C=Cc1ccc(C(=O)O)cc1. The lowest BCUT2D eigenvalue weighted by Gasteiger charge is -1.99. The molecule has 0 saturated heterocycles. The maximum atomic E-state index is 11.3. The van der Waals surface area contributed by atoms with E-state index >= 15 is 0 Å². The number of ether oxygens (including phenoxy) is 1. The van der Waals surface area contributed by atoms with Gasteiger partial charge in [0.1, 0.15) is 0 Å². The zero-order valence-corrected chi connectivity index (χ0v) is 10.3. The van der Waals surface area contributed by atoms with Crippen LogP contribution in [-0.2, 0) is 9.53 Å². The quantitative estimate of drug-likeness (QED) is 0.477.